The molecule has 1 nitrogen and oxygen atoms in total. The van der Waals surface area contributed by atoms with Crippen LogP contribution in [0.25, 0.3) is 5.03 Å². The number of nitriles is 1. The molecule has 0 spiro atoms. The van der Waals surface area contributed by atoms with Crippen molar-refractivity contribution in [2.45, 2.75) is 20.3 Å². The van der Waals surface area contributed by atoms with Crippen LogP contribution in [0.4, 0.5) is 0 Å². The zero-order valence-electron chi connectivity index (χ0n) is 7.90. The first-order valence-corrected chi connectivity index (χ1v) is 6.14. The van der Waals surface area contributed by atoms with E-state index in [4.69, 9.17) is 16.9 Å². The lowest BCUT2D eigenvalue weighted by Gasteiger charge is -1.96. The predicted octanol–water partition coefficient (Wildman–Crippen LogP) is 4.70. The summed E-state index contributed by atoms with van der Waals surface area (Å²) < 4.78 is 1.07. The second kappa shape index (κ2) is 4.97. The first-order chi connectivity index (χ1) is 6.60. The van der Waals surface area contributed by atoms with Crippen molar-refractivity contribution < 1.29 is 0 Å². The molecule has 0 radical (unpaired) electrons. The molecule has 4 heteroatoms. The molecule has 0 aromatic carbocycles. The average Bonchev–Trinajstić information content (AvgIpc) is 2.49. The van der Waals surface area contributed by atoms with Gasteiger partial charge >= 0.3 is 0 Å². The molecular weight excluding hydrogens is 282 g/mol. The summed E-state index contributed by atoms with van der Waals surface area (Å²) in [5, 5.41) is 9.41. The SMILES string of the molecule is CC/C(C#N)=C(\Cl)c1cc(C)c(Br)s1. The summed E-state index contributed by atoms with van der Waals surface area (Å²) in [6.07, 6.45) is 0.671. The summed E-state index contributed by atoms with van der Waals surface area (Å²) in [7, 11) is 0. The quantitative estimate of drug-likeness (QED) is 0.724. The predicted molar refractivity (Wildman–Crippen MR) is 65.4 cm³/mol. The number of allylic oxidation sites excluding steroid dienone is 1. The molecule has 0 saturated heterocycles. The standard InChI is InChI=1S/C10H9BrClNS/c1-3-7(5-13)9(12)8-4-6(2)10(11)14-8/h4H,3H2,1-2H3/b9-7+. The molecule has 0 unspecified atom stereocenters. The number of thiophene rings is 1. The molecule has 0 amide bonds. The van der Waals surface area contributed by atoms with Gasteiger partial charge in [-0.3, -0.25) is 0 Å². The second-order valence-electron chi connectivity index (χ2n) is 2.83. The van der Waals surface area contributed by atoms with E-state index in [-0.39, 0.29) is 0 Å². The van der Waals surface area contributed by atoms with Gasteiger partial charge in [-0.25, -0.2) is 0 Å². The van der Waals surface area contributed by atoms with Crippen molar-refractivity contribution in [2.75, 3.05) is 0 Å². The lowest BCUT2D eigenvalue weighted by Crippen LogP contribution is -1.79. The maximum absolute atomic E-state index is 8.83. The van der Waals surface area contributed by atoms with Gasteiger partial charge in [0, 0.05) is 10.5 Å². The highest BCUT2D eigenvalue weighted by molar-refractivity contribution is 9.11. The van der Waals surface area contributed by atoms with Gasteiger partial charge in [-0.15, -0.1) is 11.3 Å². The van der Waals surface area contributed by atoms with E-state index in [2.05, 4.69) is 22.0 Å². The number of nitrogens with zero attached hydrogens (tertiary/aromatic N) is 1. The van der Waals surface area contributed by atoms with E-state index in [9.17, 15) is 0 Å². The van der Waals surface area contributed by atoms with E-state index in [0.29, 0.717) is 17.0 Å². The fraction of sp³-hybridized carbons (Fsp3) is 0.300. The Labute approximate surface area is 101 Å². The average molecular weight is 291 g/mol. The van der Waals surface area contributed by atoms with Gasteiger partial charge in [0.25, 0.3) is 0 Å². The lowest BCUT2D eigenvalue weighted by molar-refractivity contribution is 1.16. The van der Waals surface area contributed by atoms with Crippen molar-refractivity contribution in [2.24, 2.45) is 0 Å². The summed E-state index contributed by atoms with van der Waals surface area (Å²) in [6, 6.07) is 4.11. The minimum atomic E-state index is 0.578. The fourth-order valence-electron chi connectivity index (χ4n) is 1.00. The Morgan fingerprint density at radius 1 is 1.71 bits per heavy atom. The third-order valence-electron chi connectivity index (χ3n) is 1.83. The highest BCUT2D eigenvalue weighted by atomic mass is 79.9. The van der Waals surface area contributed by atoms with Gasteiger partial charge < -0.3 is 0 Å². The zero-order chi connectivity index (χ0) is 10.7. The molecule has 0 N–H and O–H groups in total. The summed E-state index contributed by atoms with van der Waals surface area (Å²) in [5.41, 5.74) is 1.79. The molecule has 74 valence electrons. The van der Waals surface area contributed by atoms with Crippen LogP contribution in [0.3, 0.4) is 0 Å². The summed E-state index contributed by atoms with van der Waals surface area (Å²) in [6.45, 7) is 3.93. The molecular formula is C10H9BrClNS. The van der Waals surface area contributed by atoms with Crippen LogP contribution < -0.4 is 0 Å². The van der Waals surface area contributed by atoms with E-state index < -0.39 is 0 Å². The Hall–Kier alpha value is -0.300. The molecule has 1 aromatic rings. The molecule has 14 heavy (non-hydrogen) atoms. The Morgan fingerprint density at radius 2 is 2.36 bits per heavy atom. The topological polar surface area (TPSA) is 23.8 Å². The third kappa shape index (κ3) is 2.38. The van der Waals surface area contributed by atoms with Gasteiger partial charge in [0.1, 0.15) is 0 Å². The van der Waals surface area contributed by atoms with Gasteiger partial charge in [-0.2, -0.15) is 5.26 Å². The summed E-state index contributed by atoms with van der Waals surface area (Å²) in [5.74, 6) is 0. The Kier molecular flexibility index (Phi) is 4.18. The van der Waals surface area contributed by atoms with Crippen molar-refractivity contribution in [1.29, 1.82) is 5.26 Å². The van der Waals surface area contributed by atoms with E-state index >= 15 is 0 Å². The molecule has 0 fully saturated rings. The largest absolute Gasteiger partial charge is 0.193 e. The molecule has 0 aliphatic heterocycles. The van der Waals surface area contributed by atoms with Crippen LogP contribution in [0.15, 0.2) is 15.4 Å². The Morgan fingerprint density at radius 3 is 2.71 bits per heavy atom. The molecule has 0 saturated carbocycles. The van der Waals surface area contributed by atoms with Crippen LogP contribution in [0, 0.1) is 18.3 Å². The van der Waals surface area contributed by atoms with Gasteiger partial charge in [-0.1, -0.05) is 18.5 Å². The van der Waals surface area contributed by atoms with E-state index in [1.54, 1.807) is 11.3 Å². The normalized spacial score (nSPS) is 12.2. The molecule has 1 aromatic heterocycles. The second-order valence-corrected chi connectivity index (χ2v) is 5.57. The smallest absolute Gasteiger partial charge is 0.0963 e. The van der Waals surface area contributed by atoms with Gasteiger partial charge in [-0.05, 0) is 40.9 Å². The van der Waals surface area contributed by atoms with Crippen molar-refractivity contribution in [3.05, 3.63) is 25.9 Å². The molecule has 0 aliphatic rings. The van der Waals surface area contributed by atoms with E-state index in [1.807, 2.05) is 19.9 Å². The van der Waals surface area contributed by atoms with Crippen LogP contribution >= 0.6 is 38.9 Å². The highest BCUT2D eigenvalue weighted by Gasteiger charge is 2.09. The number of halogens is 2. The van der Waals surface area contributed by atoms with E-state index in [1.165, 1.54) is 0 Å². The Balaban J connectivity index is 3.18. The van der Waals surface area contributed by atoms with Crippen molar-refractivity contribution in [1.82, 2.24) is 0 Å². The number of hydrogen-bond donors (Lipinski definition) is 0. The maximum Gasteiger partial charge on any atom is 0.0963 e. The minimum Gasteiger partial charge on any atom is -0.193 e. The van der Waals surface area contributed by atoms with Crippen LogP contribution in [0.1, 0.15) is 23.8 Å². The van der Waals surface area contributed by atoms with Crippen LogP contribution in [0.5, 0.6) is 0 Å². The third-order valence-corrected chi connectivity index (χ3v) is 4.52. The van der Waals surface area contributed by atoms with Crippen LogP contribution in [-0.2, 0) is 0 Å². The maximum atomic E-state index is 8.83. The lowest BCUT2D eigenvalue weighted by atomic mass is 10.2. The van der Waals surface area contributed by atoms with Crippen LogP contribution in [-0.4, -0.2) is 0 Å². The zero-order valence-corrected chi connectivity index (χ0v) is 11.1. The Bertz CT molecular complexity index is 395. The van der Waals surface area contributed by atoms with Gasteiger partial charge in [0.05, 0.1) is 14.9 Å². The van der Waals surface area contributed by atoms with Gasteiger partial charge in [0.15, 0.2) is 0 Å². The molecule has 0 bridgehead atoms. The van der Waals surface area contributed by atoms with Crippen molar-refractivity contribution in [3.63, 3.8) is 0 Å². The first-order valence-electron chi connectivity index (χ1n) is 4.15. The van der Waals surface area contributed by atoms with Crippen LogP contribution in [0.2, 0.25) is 0 Å². The van der Waals surface area contributed by atoms with Crippen molar-refractivity contribution >= 4 is 43.9 Å². The molecule has 1 heterocycles. The van der Waals surface area contributed by atoms with E-state index in [0.717, 1.165) is 14.2 Å². The first kappa shape index (κ1) is 11.8. The summed E-state index contributed by atoms with van der Waals surface area (Å²) >= 11 is 11.1. The molecule has 0 aliphatic carbocycles. The fourth-order valence-corrected chi connectivity index (χ4v) is 2.85. The highest BCUT2D eigenvalue weighted by Crippen LogP contribution is 2.35. The molecule has 1 rings (SSSR count). The van der Waals surface area contributed by atoms with Gasteiger partial charge in [0.2, 0.25) is 0 Å². The minimum absolute atomic E-state index is 0.578. The summed E-state index contributed by atoms with van der Waals surface area (Å²) in [4.78, 5) is 0.953. The number of aryl methyl sites for hydroxylation is 1. The monoisotopic (exact) mass is 289 g/mol. The number of hydrogen-bond acceptors (Lipinski definition) is 2. The van der Waals surface area contributed by atoms with Crippen molar-refractivity contribution in [3.8, 4) is 6.07 Å². The number of rotatable bonds is 2. The molecule has 0 atom stereocenters.